The number of amides is 2. The molecule has 6 nitrogen and oxygen atoms in total. The summed E-state index contributed by atoms with van der Waals surface area (Å²) in [5.74, 6) is 1.52. The maximum atomic E-state index is 12.8. The third kappa shape index (κ3) is 4.25. The molecule has 1 aliphatic heterocycles. The predicted molar refractivity (Wildman–Crippen MR) is 99.3 cm³/mol. The van der Waals surface area contributed by atoms with E-state index in [1.54, 1.807) is 18.2 Å². The molecule has 1 unspecified atom stereocenters. The summed E-state index contributed by atoms with van der Waals surface area (Å²) in [5, 5.41) is 3.13. The number of nitrogens with one attached hydrogen (secondary N) is 1. The van der Waals surface area contributed by atoms with Gasteiger partial charge >= 0.3 is 6.03 Å². The summed E-state index contributed by atoms with van der Waals surface area (Å²) in [6.07, 6.45) is 3.57. The maximum absolute atomic E-state index is 12.8. The van der Waals surface area contributed by atoms with E-state index in [1.165, 1.54) is 0 Å². The van der Waals surface area contributed by atoms with Crippen LogP contribution in [0.3, 0.4) is 0 Å². The number of methoxy groups -OCH3 is 1. The van der Waals surface area contributed by atoms with Gasteiger partial charge in [0.1, 0.15) is 18.1 Å². The molecule has 0 saturated heterocycles. The molecule has 0 aliphatic carbocycles. The molecule has 2 amide bonds. The molecular formula is C20H25N3O3. The number of fused-ring (bicyclic) bond motifs is 1. The van der Waals surface area contributed by atoms with E-state index in [0.717, 1.165) is 35.6 Å². The second kappa shape index (κ2) is 8.56. The minimum atomic E-state index is -0.0960. The van der Waals surface area contributed by atoms with E-state index in [1.807, 2.05) is 36.4 Å². The van der Waals surface area contributed by atoms with Crippen molar-refractivity contribution in [1.82, 2.24) is 15.2 Å². The summed E-state index contributed by atoms with van der Waals surface area (Å²) in [6.45, 7) is 3.59. The molecule has 0 spiro atoms. The number of urea groups is 1. The van der Waals surface area contributed by atoms with E-state index in [4.69, 9.17) is 9.47 Å². The molecule has 26 heavy (non-hydrogen) atoms. The summed E-state index contributed by atoms with van der Waals surface area (Å²) in [4.78, 5) is 19.0. The molecule has 2 aromatic rings. The first-order chi connectivity index (χ1) is 12.7. The van der Waals surface area contributed by atoms with E-state index in [2.05, 4.69) is 17.2 Å². The van der Waals surface area contributed by atoms with Gasteiger partial charge in [-0.15, -0.1) is 0 Å². The minimum Gasteiger partial charge on any atom is -0.497 e. The molecule has 3 rings (SSSR count). The van der Waals surface area contributed by atoms with Crippen molar-refractivity contribution in [3.05, 3.63) is 53.9 Å². The lowest BCUT2D eigenvalue weighted by Gasteiger charge is -2.25. The van der Waals surface area contributed by atoms with Gasteiger partial charge in [0.2, 0.25) is 0 Å². The van der Waals surface area contributed by atoms with E-state index >= 15 is 0 Å². The highest BCUT2D eigenvalue weighted by molar-refractivity contribution is 5.75. The zero-order valence-electron chi connectivity index (χ0n) is 15.3. The van der Waals surface area contributed by atoms with Gasteiger partial charge in [0.15, 0.2) is 0 Å². The Bertz CT molecular complexity index is 736. The van der Waals surface area contributed by atoms with Gasteiger partial charge in [-0.1, -0.05) is 19.4 Å². The summed E-state index contributed by atoms with van der Waals surface area (Å²) < 4.78 is 11.0. The number of hydrogen-bond donors (Lipinski definition) is 1. The first-order valence-corrected chi connectivity index (χ1v) is 8.97. The highest BCUT2D eigenvalue weighted by atomic mass is 16.5. The number of hydrogen-bond acceptors (Lipinski definition) is 4. The fourth-order valence-corrected chi connectivity index (χ4v) is 3.06. The predicted octanol–water partition coefficient (Wildman–Crippen LogP) is 3.54. The van der Waals surface area contributed by atoms with Crippen LogP contribution in [0.1, 0.15) is 37.1 Å². The van der Waals surface area contributed by atoms with Crippen molar-refractivity contribution in [1.29, 1.82) is 0 Å². The molecule has 0 saturated carbocycles. The van der Waals surface area contributed by atoms with Crippen LogP contribution in [0.5, 0.6) is 11.5 Å². The second-order valence-corrected chi connectivity index (χ2v) is 6.29. The molecule has 0 bridgehead atoms. The first-order valence-electron chi connectivity index (χ1n) is 8.97. The van der Waals surface area contributed by atoms with Crippen LogP contribution in [0, 0.1) is 0 Å². The summed E-state index contributed by atoms with van der Waals surface area (Å²) >= 11 is 0. The van der Waals surface area contributed by atoms with Crippen molar-refractivity contribution in [2.45, 2.75) is 32.4 Å². The smallest absolute Gasteiger partial charge is 0.318 e. The Morgan fingerprint density at radius 1 is 1.38 bits per heavy atom. The number of rotatable bonds is 5. The molecule has 6 heteroatoms. The van der Waals surface area contributed by atoms with E-state index in [0.29, 0.717) is 19.7 Å². The SMILES string of the molecule is CCCC(NC(=O)N1CCOc2cc(OC)ccc2C1)c1ccccn1. The van der Waals surface area contributed by atoms with Crippen molar-refractivity contribution in [3.63, 3.8) is 0 Å². The third-order valence-electron chi connectivity index (χ3n) is 4.46. The molecular weight excluding hydrogens is 330 g/mol. The average molecular weight is 355 g/mol. The average Bonchev–Trinajstić information content (AvgIpc) is 2.90. The lowest BCUT2D eigenvalue weighted by molar-refractivity contribution is 0.183. The quantitative estimate of drug-likeness (QED) is 0.891. The molecule has 1 atom stereocenters. The summed E-state index contributed by atoms with van der Waals surface area (Å²) in [6, 6.07) is 11.3. The summed E-state index contributed by atoms with van der Waals surface area (Å²) in [5.41, 5.74) is 1.86. The molecule has 1 N–H and O–H groups in total. The molecule has 2 heterocycles. The Kier molecular flexibility index (Phi) is 5.94. The Hall–Kier alpha value is -2.76. The van der Waals surface area contributed by atoms with Gasteiger partial charge in [0.25, 0.3) is 0 Å². The van der Waals surface area contributed by atoms with E-state index in [9.17, 15) is 4.79 Å². The van der Waals surface area contributed by atoms with E-state index in [-0.39, 0.29) is 12.1 Å². The number of ether oxygens (including phenoxy) is 2. The van der Waals surface area contributed by atoms with Gasteiger partial charge in [-0.25, -0.2) is 4.79 Å². The Labute approximate surface area is 154 Å². The van der Waals surface area contributed by atoms with Crippen molar-refractivity contribution < 1.29 is 14.3 Å². The normalized spacial score (nSPS) is 14.6. The van der Waals surface area contributed by atoms with Crippen LogP contribution in [0.15, 0.2) is 42.6 Å². The lowest BCUT2D eigenvalue weighted by Crippen LogP contribution is -2.42. The number of benzene rings is 1. The molecule has 1 aromatic carbocycles. The van der Waals surface area contributed by atoms with Crippen LogP contribution in [0.4, 0.5) is 4.79 Å². The van der Waals surface area contributed by atoms with Gasteiger partial charge in [-0.3, -0.25) is 4.98 Å². The summed E-state index contributed by atoms with van der Waals surface area (Å²) in [7, 11) is 1.63. The lowest BCUT2D eigenvalue weighted by atomic mass is 10.1. The zero-order valence-corrected chi connectivity index (χ0v) is 15.3. The van der Waals surface area contributed by atoms with Gasteiger partial charge in [-0.05, 0) is 30.7 Å². The van der Waals surface area contributed by atoms with E-state index < -0.39 is 0 Å². The van der Waals surface area contributed by atoms with Crippen LogP contribution >= 0.6 is 0 Å². The first kappa shape index (κ1) is 18.0. The van der Waals surface area contributed by atoms with Crippen molar-refractivity contribution in [2.75, 3.05) is 20.3 Å². The van der Waals surface area contributed by atoms with Crippen LogP contribution in [-0.2, 0) is 6.54 Å². The number of pyridine rings is 1. The molecule has 1 aliphatic rings. The topological polar surface area (TPSA) is 63.7 Å². The zero-order chi connectivity index (χ0) is 18.4. The standard InChI is InChI=1S/C20H25N3O3/c1-3-6-18(17-7-4-5-10-21-17)22-20(24)23-11-12-26-19-13-16(25-2)9-8-15(19)14-23/h4-5,7-10,13,18H,3,6,11-12,14H2,1-2H3,(H,22,24). The number of carbonyl (C=O) groups is 1. The van der Waals surface area contributed by atoms with Crippen LogP contribution in [-0.4, -0.2) is 36.2 Å². The maximum Gasteiger partial charge on any atom is 0.318 e. The van der Waals surface area contributed by atoms with Crippen molar-refractivity contribution >= 4 is 6.03 Å². The second-order valence-electron chi connectivity index (χ2n) is 6.29. The van der Waals surface area contributed by atoms with Crippen LogP contribution in [0.25, 0.3) is 0 Å². The highest BCUT2D eigenvalue weighted by Gasteiger charge is 2.23. The van der Waals surface area contributed by atoms with Crippen LogP contribution in [0.2, 0.25) is 0 Å². The molecule has 0 radical (unpaired) electrons. The van der Waals surface area contributed by atoms with Gasteiger partial charge in [0, 0.05) is 17.8 Å². The Morgan fingerprint density at radius 3 is 3.00 bits per heavy atom. The van der Waals surface area contributed by atoms with Crippen LogP contribution < -0.4 is 14.8 Å². The fourth-order valence-electron chi connectivity index (χ4n) is 3.06. The number of nitrogens with zero attached hydrogens (tertiary/aromatic N) is 2. The highest BCUT2D eigenvalue weighted by Crippen LogP contribution is 2.28. The number of carbonyl (C=O) groups excluding carboxylic acids is 1. The minimum absolute atomic E-state index is 0.0896. The van der Waals surface area contributed by atoms with Gasteiger partial charge in [0.05, 0.1) is 31.9 Å². The number of aromatic nitrogens is 1. The monoisotopic (exact) mass is 355 g/mol. The molecule has 138 valence electrons. The Balaban J connectivity index is 1.72. The van der Waals surface area contributed by atoms with Gasteiger partial charge < -0.3 is 19.7 Å². The molecule has 1 aromatic heterocycles. The van der Waals surface area contributed by atoms with Crippen molar-refractivity contribution in [2.24, 2.45) is 0 Å². The van der Waals surface area contributed by atoms with Crippen molar-refractivity contribution in [3.8, 4) is 11.5 Å². The van der Waals surface area contributed by atoms with Gasteiger partial charge in [-0.2, -0.15) is 0 Å². The fraction of sp³-hybridized carbons (Fsp3) is 0.400. The third-order valence-corrected chi connectivity index (χ3v) is 4.46. The molecule has 0 fully saturated rings. The largest absolute Gasteiger partial charge is 0.497 e. The Morgan fingerprint density at radius 2 is 2.27 bits per heavy atom.